The summed E-state index contributed by atoms with van der Waals surface area (Å²) in [5.74, 6) is 0.717. The molecule has 8 heteroatoms. The minimum Gasteiger partial charge on any atom is -0.293 e. The average Bonchev–Trinajstić information content (AvgIpc) is 3.14. The third-order valence-electron chi connectivity index (χ3n) is 6.83. The van der Waals surface area contributed by atoms with Crippen LogP contribution in [0.25, 0.3) is 11.3 Å². The molecule has 0 radical (unpaired) electrons. The SMILES string of the molecule is Cc1ccc(-c2nnc3n(c2=O)CCC32CCN(S(=O)(=O)Cc3ccccc3)CC2)cc1. The molecule has 5 rings (SSSR count). The molecule has 0 saturated carbocycles. The summed E-state index contributed by atoms with van der Waals surface area (Å²) in [6.07, 6.45) is 2.10. The second-order valence-corrected chi connectivity index (χ2v) is 10.8. The van der Waals surface area contributed by atoms with Crippen LogP contribution in [0.3, 0.4) is 0 Å². The van der Waals surface area contributed by atoms with Crippen LogP contribution in [-0.2, 0) is 27.7 Å². The molecule has 32 heavy (non-hydrogen) atoms. The zero-order chi connectivity index (χ0) is 22.3. The maximum atomic E-state index is 13.2. The van der Waals surface area contributed by atoms with Crippen molar-refractivity contribution in [2.75, 3.05) is 13.1 Å². The Bertz CT molecular complexity index is 1290. The molecule has 0 aliphatic carbocycles. The highest BCUT2D eigenvalue weighted by molar-refractivity contribution is 7.88. The van der Waals surface area contributed by atoms with Crippen LogP contribution in [0.2, 0.25) is 0 Å². The van der Waals surface area contributed by atoms with Gasteiger partial charge in [-0.15, -0.1) is 10.2 Å². The van der Waals surface area contributed by atoms with Crippen molar-refractivity contribution in [3.63, 3.8) is 0 Å². The molecule has 3 aromatic rings. The van der Waals surface area contributed by atoms with Crippen LogP contribution < -0.4 is 5.56 Å². The van der Waals surface area contributed by atoms with Crippen molar-refractivity contribution in [1.29, 1.82) is 0 Å². The van der Waals surface area contributed by atoms with E-state index in [0.29, 0.717) is 44.0 Å². The van der Waals surface area contributed by atoms with Crippen molar-refractivity contribution in [2.24, 2.45) is 0 Å². The Labute approximate surface area is 187 Å². The summed E-state index contributed by atoms with van der Waals surface area (Å²) in [5.41, 5.74) is 2.65. The van der Waals surface area contributed by atoms with Gasteiger partial charge in [-0.2, -0.15) is 0 Å². The zero-order valence-corrected chi connectivity index (χ0v) is 18.9. The maximum Gasteiger partial charge on any atom is 0.280 e. The van der Waals surface area contributed by atoms with Gasteiger partial charge < -0.3 is 0 Å². The van der Waals surface area contributed by atoms with Gasteiger partial charge in [-0.25, -0.2) is 12.7 Å². The minimum atomic E-state index is -3.39. The third kappa shape index (κ3) is 3.67. The number of hydrogen-bond donors (Lipinski definition) is 0. The van der Waals surface area contributed by atoms with Crippen LogP contribution >= 0.6 is 0 Å². The van der Waals surface area contributed by atoms with E-state index >= 15 is 0 Å². The van der Waals surface area contributed by atoms with E-state index in [1.54, 1.807) is 8.87 Å². The van der Waals surface area contributed by atoms with Gasteiger partial charge in [0.25, 0.3) is 5.56 Å². The van der Waals surface area contributed by atoms with Gasteiger partial charge in [-0.3, -0.25) is 9.36 Å². The van der Waals surface area contributed by atoms with Crippen molar-refractivity contribution in [3.8, 4) is 11.3 Å². The molecule has 0 bridgehead atoms. The predicted octanol–water partition coefficient (Wildman–Crippen LogP) is 2.88. The standard InChI is InChI=1S/C24H26N4O3S/c1-18-7-9-20(10-8-18)21-22(29)28-16-13-24(23(28)26-25-21)11-14-27(15-12-24)32(30,31)17-19-5-3-2-4-6-19/h2-10H,11-17H2,1H3. The molecule has 0 atom stereocenters. The van der Waals surface area contributed by atoms with E-state index in [4.69, 9.17) is 0 Å². The first-order valence-electron chi connectivity index (χ1n) is 10.9. The number of nitrogens with zero attached hydrogens (tertiary/aromatic N) is 4. The van der Waals surface area contributed by atoms with Crippen LogP contribution in [0.4, 0.5) is 0 Å². The lowest BCUT2D eigenvalue weighted by Gasteiger charge is -2.37. The third-order valence-corrected chi connectivity index (χ3v) is 8.68. The average molecular weight is 451 g/mol. The lowest BCUT2D eigenvalue weighted by Crippen LogP contribution is -2.45. The number of sulfonamides is 1. The fourth-order valence-corrected chi connectivity index (χ4v) is 6.43. The number of aromatic nitrogens is 3. The van der Waals surface area contributed by atoms with Gasteiger partial charge in [-0.05, 0) is 31.7 Å². The highest BCUT2D eigenvalue weighted by Gasteiger charge is 2.46. The Morgan fingerprint density at radius 3 is 2.25 bits per heavy atom. The van der Waals surface area contributed by atoms with E-state index in [2.05, 4.69) is 10.2 Å². The number of piperidine rings is 1. The van der Waals surface area contributed by atoms with Gasteiger partial charge in [0, 0.05) is 30.6 Å². The van der Waals surface area contributed by atoms with E-state index in [0.717, 1.165) is 23.1 Å². The monoisotopic (exact) mass is 450 g/mol. The molecule has 2 aliphatic rings. The lowest BCUT2D eigenvalue weighted by atomic mass is 9.77. The smallest absolute Gasteiger partial charge is 0.280 e. The molecule has 3 heterocycles. The number of fused-ring (bicyclic) bond motifs is 2. The lowest BCUT2D eigenvalue weighted by molar-refractivity contribution is 0.226. The molecule has 1 saturated heterocycles. The van der Waals surface area contributed by atoms with Crippen LogP contribution in [0, 0.1) is 6.92 Å². The van der Waals surface area contributed by atoms with Crippen molar-refractivity contribution >= 4 is 10.0 Å². The van der Waals surface area contributed by atoms with Gasteiger partial charge in [0.15, 0.2) is 5.69 Å². The van der Waals surface area contributed by atoms with E-state index in [9.17, 15) is 13.2 Å². The zero-order valence-electron chi connectivity index (χ0n) is 18.1. The summed E-state index contributed by atoms with van der Waals surface area (Å²) in [5, 5.41) is 8.80. The van der Waals surface area contributed by atoms with Crippen LogP contribution in [0.1, 0.15) is 36.2 Å². The van der Waals surface area contributed by atoms with Crippen molar-refractivity contribution in [3.05, 3.63) is 81.9 Å². The predicted molar refractivity (Wildman–Crippen MR) is 123 cm³/mol. The van der Waals surface area contributed by atoms with Gasteiger partial charge in [0.1, 0.15) is 5.82 Å². The fraction of sp³-hybridized carbons (Fsp3) is 0.375. The Morgan fingerprint density at radius 2 is 1.56 bits per heavy atom. The maximum absolute atomic E-state index is 13.2. The molecule has 0 unspecified atom stereocenters. The van der Waals surface area contributed by atoms with Crippen molar-refractivity contribution in [2.45, 2.75) is 43.9 Å². The molecule has 2 aliphatic heterocycles. The van der Waals surface area contributed by atoms with Crippen molar-refractivity contribution in [1.82, 2.24) is 19.1 Å². The summed E-state index contributed by atoms with van der Waals surface area (Å²) < 4.78 is 29.2. The summed E-state index contributed by atoms with van der Waals surface area (Å²) in [6, 6.07) is 17.0. The first-order chi connectivity index (χ1) is 15.4. The molecule has 7 nitrogen and oxygen atoms in total. The van der Waals surface area contributed by atoms with Crippen LogP contribution in [-0.4, -0.2) is 40.6 Å². The van der Waals surface area contributed by atoms with E-state index in [1.165, 1.54) is 0 Å². The second-order valence-electron chi connectivity index (χ2n) is 8.87. The number of hydrogen-bond acceptors (Lipinski definition) is 5. The van der Waals surface area contributed by atoms with E-state index in [-0.39, 0.29) is 16.7 Å². The first-order valence-corrected chi connectivity index (χ1v) is 12.6. The topological polar surface area (TPSA) is 85.2 Å². The van der Waals surface area contributed by atoms with Crippen molar-refractivity contribution < 1.29 is 8.42 Å². The molecule has 1 fully saturated rings. The summed E-state index contributed by atoms with van der Waals surface area (Å²) in [4.78, 5) is 13.2. The number of rotatable bonds is 4. The largest absolute Gasteiger partial charge is 0.293 e. The van der Waals surface area contributed by atoms with Gasteiger partial charge in [0.2, 0.25) is 10.0 Å². The number of aryl methyl sites for hydroxylation is 1. The summed E-state index contributed by atoms with van der Waals surface area (Å²) in [7, 11) is -3.39. The first kappa shape index (κ1) is 21.0. The van der Waals surface area contributed by atoms with Gasteiger partial charge in [-0.1, -0.05) is 60.2 Å². The molecule has 2 aromatic carbocycles. The van der Waals surface area contributed by atoms with Gasteiger partial charge >= 0.3 is 0 Å². The molecular formula is C24H26N4O3S. The molecule has 0 amide bonds. The molecule has 166 valence electrons. The Kier molecular flexibility index (Phi) is 5.22. The van der Waals surface area contributed by atoms with E-state index < -0.39 is 10.0 Å². The Hall–Kier alpha value is -2.84. The normalized spacial score (nSPS) is 18.0. The molecule has 1 spiro atoms. The van der Waals surface area contributed by atoms with E-state index in [1.807, 2.05) is 61.5 Å². The molecule has 1 aromatic heterocycles. The quantitative estimate of drug-likeness (QED) is 0.610. The highest BCUT2D eigenvalue weighted by atomic mass is 32.2. The van der Waals surface area contributed by atoms with Gasteiger partial charge in [0.05, 0.1) is 5.75 Å². The van der Waals surface area contributed by atoms with Crippen LogP contribution in [0.5, 0.6) is 0 Å². The highest BCUT2D eigenvalue weighted by Crippen LogP contribution is 2.42. The molecular weight excluding hydrogens is 424 g/mol. The van der Waals surface area contributed by atoms with Crippen LogP contribution in [0.15, 0.2) is 59.4 Å². The minimum absolute atomic E-state index is 0.0105. The second kappa shape index (κ2) is 7.94. The summed E-state index contributed by atoms with van der Waals surface area (Å²) >= 11 is 0. The number of benzene rings is 2. The fourth-order valence-electron chi connectivity index (χ4n) is 4.89. The Balaban J connectivity index is 1.36. The summed E-state index contributed by atoms with van der Waals surface area (Å²) in [6.45, 7) is 3.47. The molecule has 0 N–H and O–H groups in total. The Morgan fingerprint density at radius 1 is 0.906 bits per heavy atom.